The lowest BCUT2D eigenvalue weighted by molar-refractivity contribution is -0.141. The number of nitrogens with one attached hydrogen (secondary N) is 1. The van der Waals surface area contributed by atoms with E-state index < -0.39 is 35.4 Å². The highest BCUT2D eigenvalue weighted by atomic mass is 16.4. The smallest absolute Gasteiger partial charge is 0.328 e. The molecular formula is C25H35NO6. The highest BCUT2D eigenvalue weighted by Gasteiger charge is 2.34. The van der Waals surface area contributed by atoms with Crippen LogP contribution in [0.25, 0.3) is 0 Å². The number of carbonyl (C=O) groups is 3. The molecule has 0 bridgehead atoms. The third-order valence-electron chi connectivity index (χ3n) is 6.84. The lowest BCUT2D eigenvalue weighted by Crippen LogP contribution is -2.45. The Morgan fingerprint density at radius 1 is 1.41 bits per heavy atom. The molecule has 2 aliphatic rings. The minimum atomic E-state index is -1.44. The zero-order chi connectivity index (χ0) is 24.2. The number of carboxylic acids is 1. The number of hydrogen-bond donors (Lipinski definition) is 4. The van der Waals surface area contributed by atoms with E-state index in [1.165, 1.54) is 25.3 Å². The van der Waals surface area contributed by atoms with Gasteiger partial charge in [0.15, 0.2) is 6.04 Å². The van der Waals surface area contributed by atoms with E-state index in [0.29, 0.717) is 5.92 Å². The van der Waals surface area contributed by atoms with Crippen LogP contribution in [0.1, 0.15) is 66.2 Å². The van der Waals surface area contributed by atoms with Crippen LogP contribution in [0, 0.1) is 11.3 Å². The molecule has 7 heteroatoms. The topological polar surface area (TPSA) is 124 Å². The SMILES string of the molecule is C=C1[C@H](C)CCC[C@]1(C)CC/C(C)=C/CC1=C(O)C(N[C@@H](C(=O)O)[C@@H](C)O)=CC(=O)C1=O. The number of ketones is 2. The Balaban J connectivity index is 2.13. The van der Waals surface area contributed by atoms with Crippen LogP contribution >= 0.6 is 0 Å². The number of aliphatic hydroxyl groups is 2. The zero-order valence-electron chi connectivity index (χ0n) is 19.4. The molecule has 176 valence electrons. The van der Waals surface area contributed by atoms with Crippen LogP contribution in [0.15, 0.2) is 46.9 Å². The first-order valence-electron chi connectivity index (χ1n) is 11.1. The van der Waals surface area contributed by atoms with Gasteiger partial charge in [0.05, 0.1) is 17.4 Å². The third kappa shape index (κ3) is 5.76. The molecule has 0 unspecified atom stereocenters. The highest BCUT2D eigenvalue weighted by Crippen LogP contribution is 2.46. The van der Waals surface area contributed by atoms with Crippen molar-refractivity contribution in [2.45, 2.75) is 78.4 Å². The number of hydrogen-bond acceptors (Lipinski definition) is 6. The van der Waals surface area contributed by atoms with Crippen LogP contribution in [0.2, 0.25) is 0 Å². The Labute approximate surface area is 189 Å². The minimum absolute atomic E-state index is 0.0573. The van der Waals surface area contributed by atoms with Gasteiger partial charge in [0.25, 0.3) is 0 Å². The second-order valence-electron chi connectivity index (χ2n) is 9.41. The molecule has 0 aromatic carbocycles. The van der Waals surface area contributed by atoms with E-state index in [2.05, 4.69) is 25.7 Å². The second kappa shape index (κ2) is 10.3. The fourth-order valence-corrected chi connectivity index (χ4v) is 4.40. The third-order valence-corrected chi connectivity index (χ3v) is 6.84. The van der Waals surface area contributed by atoms with E-state index >= 15 is 0 Å². The summed E-state index contributed by atoms with van der Waals surface area (Å²) < 4.78 is 0. The monoisotopic (exact) mass is 445 g/mol. The fourth-order valence-electron chi connectivity index (χ4n) is 4.40. The molecule has 2 rings (SSSR count). The van der Waals surface area contributed by atoms with Crippen molar-refractivity contribution in [3.63, 3.8) is 0 Å². The fraction of sp³-hybridized carbons (Fsp3) is 0.560. The van der Waals surface area contributed by atoms with Gasteiger partial charge >= 0.3 is 5.97 Å². The van der Waals surface area contributed by atoms with E-state index in [-0.39, 0.29) is 23.1 Å². The van der Waals surface area contributed by atoms with Gasteiger partial charge in [-0.1, -0.05) is 44.1 Å². The molecule has 0 spiro atoms. The van der Waals surface area contributed by atoms with Crippen molar-refractivity contribution in [3.05, 3.63) is 46.9 Å². The van der Waals surface area contributed by atoms with Crippen LogP contribution in [-0.4, -0.2) is 45.0 Å². The summed E-state index contributed by atoms with van der Waals surface area (Å²) >= 11 is 0. The van der Waals surface area contributed by atoms with Gasteiger partial charge < -0.3 is 20.6 Å². The number of Topliss-reactive ketones (excluding diaryl/α,β-unsaturated/α-hetero) is 1. The predicted octanol–water partition coefficient (Wildman–Crippen LogP) is 3.76. The molecule has 2 aliphatic carbocycles. The highest BCUT2D eigenvalue weighted by molar-refractivity contribution is 6.48. The van der Waals surface area contributed by atoms with Crippen LogP contribution in [-0.2, 0) is 14.4 Å². The summed E-state index contributed by atoms with van der Waals surface area (Å²) in [5, 5.41) is 31.9. The zero-order valence-corrected chi connectivity index (χ0v) is 19.4. The second-order valence-corrected chi connectivity index (χ2v) is 9.41. The van der Waals surface area contributed by atoms with Crippen LogP contribution in [0.4, 0.5) is 0 Å². The normalized spacial score (nSPS) is 26.7. The Hall–Kier alpha value is -2.67. The Morgan fingerprint density at radius 2 is 2.06 bits per heavy atom. The maximum absolute atomic E-state index is 12.3. The van der Waals surface area contributed by atoms with Crippen molar-refractivity contribution in [2.24, 2.45) is 11.3 Å². The van der Waals surface area contributed by atoms with E-state index in [4.69, 9.17) is 0 Å². The standard InChI is InChI=1S/C25H35NO6/c1-14(10-12-25(5)11-6-7-15(2)16(25)3)8-9-18-22(29)19(13-20(28)23(18)30)26-21(17(4)27)24(31)32/h8,13,15,17,21,26-27,29H,3,6-7,9-12H2,1-2,4-5H3,(H,31,32)/b14-8+/t15-,17-,21-,25-/m1/s1. The molecular weight excluding hydrogens is 410 g/mol. The van der Waals surface area contributed by atoms with Crippen LogP contribution in [0.5, 0.6) is 0 Å². The van der Waals surface area contributed by atoms with Gasteiger partial charge in [0.2, 0.25) is 11.6 Å². The molecule has 0 radical (unpaired) electrons. The number of carboxylic acid groups (broad SMARTS) is 1. The minimum Gasteiger partial charge on any atom is -0.505 e. The van der Waals surface area contributed by atoms with E-state index in [9.17, 15) is 29.7 Å². The summed E-state index contributed by atoms with van der Waals surface area (Å²) in [6.07, 6.45) is 6.68. The first kappa shape index (κ1) is 25.6. The number of aliphatic carboxylic acids is 1. The Kier molecular flexibility index (Phi) is 8.24. The van der Waals surface area contributed by atoms with Gasteiger partial charge in [0, 0.05) is 6.08 Å². The molecule has 0 amide bonds. The van der Waals surface area contributed by atoms with Crippen molar-refractivity contribution in [1.82, 2.24) is 5.32 Å². The molecule has 32 heavy (non-hydrogen) atoms. The van der Waals surface area contributed by atoms with Crippen molar-refractivity contribution in [2.75, 3.05) is 0 Å². The summed E-state index contributed by atoms with van der Waals surface area (Å²) in [5.74, 6) is -2.96. The molecule has 0 aromatic rings. The molecule has 1 fully saturated rings. The van der Waals surface area contributed by atoms with Gasteiger partial charge in [-0.3, -0.25) is 9.59 Å². The first-order chi connectivity index (χ1) is 14.9. The molecule has 4 atom stereocenters. The molecule has 7 nitrogen and oxygen atoms in total. The Bertz CT molecular complexity index is 894. The average molecular weight is 446 g/mol. The van der Waals surface area contributed by atoms with Crippen LogP contribution in [0.3, 0.4) is 0 Å². The van der Waals surface area contributed by atoms with Crippen LogP contribution < -0.4 is 5.32 Å². The predicted molar refractivity (Wildman–Crippen MR) is 122 cm³/mol. The first-order valence-corrected chi connectivity index (χ1v) is 11.1. The van der Waals surface area contributed by atoms with Gasteiger partial charge in [0.1, 0.15) is 5.76 Å². The molecule has 0 heterocycles. The summed E-state index contributed by atoms with van der Waals surface area (Å²) in [7, 11) is 0. The lowest BCUT2D eigenvalue weighted by Gasteiger charge is -2.40. The molecule has 0 aliphatic heterocycles. The maximum Gasteiger partial charge on any atom is 0.328 e. The summed E-state index contributed by atoms with van der Waals surface area (Å²) in [5.41, 5.74) is 2.14. The number of carbonyl (C=O) groups excluding carboxylic acids is 2. The van der Waals surface area contributed by atoms with Crippen molar-refractivity contribution in [3.8, 4) is 0 Å². The Morgan fingerprint density at radius 3 is 2.66 bits per heavy atom. The summed E-state index contributed by atoms with van der Waals surface area (Å²) in [6.45, 7) is 12.0. The number of aliphatic hydroxyl groups excluding tert-OH is 2. The molecule has 0 saturated heterocycles. The largest absolute Gasteiger partial charge is 0.505 e. The van der Waals surface area contributed by atoms with E-state index in [0.717, 1.165) is 30.9 Å². The molecule has 0 aromatic heterocycles. The van der Waals surface area contributed by atoms with Crippen molar-refractivity contribution >= 4 is 17.5 Å². The van der Waals surface area contributed by atoms with Gasteiger partial charge in [-0.05, 0) is 57.3 Å². The lowest BCUT2D eigenvalue weighted by atomic mass is 9.65. The molecule has 1 saturated carbocycles. The van der Waals surface area contributed by atoms with Crippen molar-refractivity contribution in [1.29, 1.82) is 0 Å². The van der Waals surface area contributed by atoms with Crippen molar-refractivity contribution < 1.29 is 29.7 Å². The maximum atomic E-state index is 12.3. The summed E-state index contributed by atoms with van der Waals surface area (Å²) in [6, 6.07) is -1.44. The number of allylic oxidation sites excluding steroid dienone is 5. The van der Waals surface area contributed by atoms with Gasteiger partial charge in [-0.25, -0.2) is 4.79 Å². The van der Waals surface area contributed by atoms with Gasteiger partial charge in [-0.15, -0.1) is 0 Å². The van der Waals surface area contributed by atoms with E-state index in [1.54, 1.807) is 0 Å². The number of rotatable bonds is 9. The quantitative estimate of drug-likeness (QED) is 0.242. The van der Waals surface area contributed by atoms with Gasteiger partial charge in [-0.2, -0.15) is 0 Å². The average Bonchev–Trinajstić information content (AvgIpc) is 2.71. The molecule has 4 N–H and O–H groups in total. The van der Waals surface area contributed by atoms with E-state index in [1.807, 2.05) is 13.0 Å². The summed E-state index contributed by atoms with van der Waals surface area (Å²) in [4.78, 5) is 35.8.